The van der Waals surface area contributed by atoms with E-state index in [2.05, 4.69) is 5.32 Å². The minimum atomic E-state index is -0.478. The molecule has 22 heavy (non-hydrogen) atoms. The first kappa shape index (κ1) is 20.8. The van der Waals surface area contributed by atoms with Gasteiger partial charge in [0.05, 0.1) is 18.7 Å². The van der Waals surface area contributed by atoms with Crippen LogP contribution in [0.2, 0.25) is 5.02 Å². The molecule has 1 amide bonds. The number of amides is 1. The Morgan fingerprint density at radius 2 is 2.05 bits per heavy atom. The second-order valence-corrected chi connectivity index (χ2v) is 5.92. The van der Waals surface area contributed by atoms with Crippen molar-refractivity contribution in [3.05, 3.63) is 22.7 Å². The lowest BCUT2D eigenvalue weighted by atomic mass is 10.1. The number of hydrogen-bond acceptors (Lipinski definition) is 4. The van der Waals surface area contributed by atoms with Gasteiger partial charge in [-0.2, -0.15) is 0 Å². The third-order valence-electron chi connectivity index (χ3n) is 2.65. The number of ether oxygens (including phenoxy) is 2. The van der Waals surface area contributed by atoms with Crippen LogP contribution in [0.4, 0.5) is 0 Å². The van der Waals surface area contributed by atoms with Crippen molar-refractivity contribution in [3.8, 4) is 11.5 Å². The first-order valence-electron chi connectivity index (χ1n) is 6.86. The highest BCUT2D eigenvalue weighted by Gasteiger charge is 2.17. The normalized spacial score (nSPS) is 10.6. The van der Waals surface area contributed by atoms with Crippen LogP contribution in [-0.4, -0.2) is 31.7 Å². The summed E-state index contributed by atoms with van der Waals surface area (Å²) in [5.74, 6) is 0.639. The maximum Gasteiger partial charge on any atom is 0.251 e. The zero-order valence-corrected chi connectivity index (χ0v) is 14.9. The van der Waals surface area contributed by atoms with Gasteiger partial charge in [-0.3, -0.25) is 4.79 Å². The zero-order valence-electron chi connectivity index (χ0n) is 13.4. The lowest BCUT2D eigenvalue weighted by Crippen LogP contribution is -2.45. The number of hydrogen-bond donors (Lipinski definition) is 2. The number of rotatable bonds is 7. The quantitative estimate of drug-likeness (QED) is 0.792. The smallest absolute Gasteiger partial charge is 0.251 e. The van der Waals surface area contributed by atoms with E-state index in [0.717, 1.165) is 6.42 Å². The van der Waals surface area contributed by atoms with Crippen molar-refractivity contribution >= 4 is 29.9 Å². The molecule has 0 bridgehead atoms. The first-order chi connectivity index (χ1) is 9.78. The molecule has 7 heteroatoms. The number of carbonyl (C=O) groups excluding carboxylic acids is 1. The van der Waals surface area contributed by atoms with Gasteiger partial charge in [0.1, 0.15) is 0 Å². The summed E-state index contributed by atoms with van der Waals surface area (Å²) in [6.07, 6.45) is 0.854. The monoisotopic (exact) mass is 350 g/mol. The Bertz CT molecular complexity index is 502. The van der Waals surface area contributed by atoms with E-state index in [1.807, 2.05) is 20.8 Å². The summed E-state index contributed by atoms with van der Waals surface area (Å²) in [4.78, 5) is 12.1. The fraction of sp³-hybridized carbons (Fsp3) is 0.533. The lowest BCUT2D eigenvalue weighted by Gasteiger charge is -2.19. The molecule has 0 aromatic heterocycles. The number of nitrogens with two attached hydrogens (primary N) is 1. The number of benzene rings is 1. The highest BCUT2D eigenvalue weighted by atomic mass is 35.5. The minimum Gasteiger partial charge on any atom is -0.493 e. The van der Waals surface area contributed by atoms with Gasteiger partial charge in [-0.15, -0.1) is 12.4 Å². The Morgan fingerprint density at radius 3 is 2.55 bits per heavy atom. The molecule has 1 aromatic carbocycles. The average molecular weight is 351 g/mol. The van der Waals surface area contributed by atoms with Crippen molar-refractivity contribution in [1.29, 1.82) is 0 Å². The van der Waals surface area contributed by atoms with E-state index in [9.17, 15) is 4.79 Å². The molecular weight excluding hydrogens is 327 g/mol. The van der Waals surface area contributed by atoms with E-state index >= 15 is 0 Å². The van der Waals surface area contributed by atoms with Crippen LogP contribution in [0.25, 0.3) is 0 Å². The van der Waals surface area contributed by atoms with Gasteiger partial charge in [0.15, 0.2) is 11.5 Å². The van der Waals surface area contributed by atoms with Crippen LogP contribution in [0.15, 0.2) is 12.1 Å². The fourth-order valence-electron chi connectivity index (χ4n) is 1.61. The van der Waals surface area contributed by atoms with Crippen molar-refractivity contribution in [1.82, 2.24) is 5.32 Å². The Kier molecular flexibility index (Phi) is 8.60. The van der Waals surface area contributed by atoms with Crippen molar-refractivity contribution < 1.29 is 14.3 Å². The Balaban J connectivity index is 0.00000441. The van der Waals surface area contributed by atoms with E-state index < -0.39 is 5.54 Å². The largest absolute Gasteiger partial charge is 0.493 e. The molecule has 0 atom stereocenters. The minimum absolute atomic E-state index is 0. The molecule has 0 fully saturated rings. The Morgan fingerprint density at radius 1 is 1.41 bits per heavy atom. The SMILES string of the molecule is CCCOc1c(Cl)cc(C(=O)NCC(C)(C)N)cc1OC.Cl. The number of halogens is 2. The second kappa shape index (κ2) is 9.08. The predicted octanol–water partition coefficient (Wildman–Crippen LogP) is 3.03. The molecule has 1 aromatic rings. The Labute approximate surface area is 142 Å². The molecule has 126 valence electrons. The molecule has 0 saturated carbocycles. The van der Waals surface area contributed by atoms with E-state index in [1.165, 1.54) is 7.11 Å². The molecule has 0 aliphatic rings. The van der Waals surface area contributed by atoms with E-state index in [4.69, 9.17) is 26.8 Å². The third kappa shape index (κ3) is 6.30. The summed E-state index contributed by atoms with van der Waals surface area (Å²) in [6, 6.07) is 3.17. The van der Waals surface area contributed by atoms with Crippen molar-refractivity contribution in [2.24, 2.45) is 5.73 Å². The Hall–Kier alpha value is -1.17. The van der Waals surface area contributed by atoms with Crippen molar-refractivity contribution in [3.63, 3.8) is 0 Å². The first-order valence-corrected chi connectivity index (χ1v) is 7.23. The van der Waals surface area contributed by atoms with E-state index in [0.29, 0.717) is 35.2 Å². The van der Waals surface area contributed by atoms with Crippen LogP contribution in [0.5, 0.6) is 11.5 Å². The fourth-order valence-corrected chi connectivity index (χ4v) is 1.87. The maximum absolute atomic E-state index is 12.1. The number of carbonyl (C=O) groups is 1. The molecule has 0 radical (unpaired) electrons. The van der Waals surface area contributed by atoms with Gasteiger partial charge in [-0.25, -0.2) is 0 Å². The molecule has 0 saturated heterocycles. The maximum atomic E-state index is 12.1. The highest BCUT2D eigenvalue weighted by Crippen LogP contribution is 2.36. The average Bonchev–Trinajstić information content (AvgIpc) is 2.41. The van der Waals surface area contributed by atoms with Crippen LogP contribution in [-0.2, 0) is 0 Å². The number of nitrogens with one attached hydrogen (secondary N) is 1. The molecule has 5 nitrogen and oxygen atoms in total. The van der Waals surface area contributed by atoms with Crippen molar-refractivity contribution in [2.45, 2.75) is 32.7 Å². The molecule has 1 rings (SSSR count). The summed E-state index contributed by atoms with van der Waals surface area (Å²) >= 11 is 6.17. The van der Waals surface area contributed by atoms with Crippen LogP contribution >= 0.6 is 24.0 Å². The van der Waals surface area contributed by atoms with Gasteiger partial charge >= 0.3 is 0 Å². The van der Waals surface area contributed by atoms with Gasteiger partial charge in [0.2, 0.25) is 0 Å². The third-order valence-corrected chi connectivity index (χ3v) is 2.93. The van der Waals surface area contributed by atoms with Gasteiger partial charge in [0, 0.05) is 17.6 Å². The molecule has 0 unspecified atom stereocenters. The van der Waals surface area contributed by atoms with Gasteiger partial charge < -0.3 is 20.5 Å². The molecule has 3 N–H and O–H groups in total. The second-order valence-electron chi connectivity index (χ2n) is 5.51. The van der Waals surface area contributed by atoms with Gasteiger partial charge in [-0.1, -0.05) is 18.5 Å². The van der Waals surface area contributed by atoms with Crippen molar-refractivity contribution in [2.75, 3.05) is 20.3 Å². The zero-order chi connectivity index (χ0) is 16.0. The van der Waals surface area contributed by atoms with Crippen LogP contribution in [0, 0.1) is 0 Å². The molecule has 0 spiro atoms. The van der Waals surface area contributed by atoms with Crippen LogP contribution < -0.4 is 20.5 Å². The summed E-state index contributed by atoms with van der Waals surface area (Å²) in [5, 5.41) is 3.11. The summed E-state index contributed by atoms with van der Waals surface area (Å²) in [7, 11) is 1.51. The highest BCUT2D eigenvalue weighted by molar-refractivity contribution is 6.32. The van der Waals surface area contributed by atoms with E-state index in [-0.39, 0.29) is 18.3 Å². The van der Waals surface area contributed by atoms with Crippen LogP contribution in [0.3, 0.4) is 0 Å². The standard InChI is InChI=1S/C15H23ClN2O3.ClH/c1-5-6-21-13-11(16)7-10(8-12(13)20-4)14(19)18-9-15(2,3)17;/h7-8H,5-6,9,17H2,1-4H3,(H,18,19);1H. The molecule has 0 heterocycles. The molecule has 0 aliphatic heterocycles. The summed E-state index contributed by atoms with van der Waals surface area (Å²) in [5.41, 5.74) is 5.77. The lowest BCUT2D eigenvalue weighted by molar-refractivity contribution is 0.0945. The van der Waals surface area contributed by atoms with Gasteiger partial charge in [-0.05, 0) is 32.4 Å². The molecular formula is C15H24Cl2N2O3. The van der Waals surface area contributed by atoms with E-state index in [1.54, 1.807) is 12.1 Å². The topological polar surface area (TPSA) is 73.6 Å². The van der Waals surface area contributed by atoms with Crippen LogP contribution in [0.1, 0.15) is 37.6 Å². The van der Waals surface area contributed by atoms with Gasteiger partial charge in [0.25, 0.3) is 5.91 Å². The summed E-state index contributed by atoms with van der Waals surface area (Å²) in [6.45, 7) is 6.56. The molecule has 0 aliphatic carbocycles. The number of methoxy groups -OCH3 is 1. The predicted molar refractivity (Wildman–Crippen MR) is 91.6 cm³/mol. The summed E-state index contributed by atoms with van der Waals surface area (Å²) < 4.78 is 10.8.